The van der Waals surface area contributed by atoms with E-state index >= 15 is 0 Å². The molecule has 0 radical (unpaired) electrons. The lowest BCUT2D eigenvalue weighted by molar-refractivity contribution is 0.0278. The van der Waals surface area contributed by atoms with Crippen molar-refractivity contribution in [3.63, 3.8) is 0 Å². The summed E-state index contributed by atoms with van der Waals surface area (Å²) >= 11 is 0. The number of pyridine rings is 1. The Balaban J connectivity index is 1.37. The molecule has 128 valence electrons. The smallest absolute Gasteiger partial charge is 0.231 e. The second kappa shape index (κ2) is 8.10. The van der Waals surface area contributed by atoms with E-state index in [1.807, 2.05) is 30.3 Å². The molecule has 3 rings (SSSR count). The van der Waals surface area contributed by atoms with Crippen LogP contribution in [0, 0.1) is 0 Å². The van der Waals surface area contributed by atoms with E-state index in [1.165, 1.54) is 0 Å². The molecule has 0 saturated carbocycles. The number of benzene rings is 1. The van der Waals surface area contributed by atoms with Gasteiger partial charge in [0, 0.05) is 25.0 Å². The topological polar surface area (TPSA) is 72.8 Å². The summed E-state index contributed by atoms with van der Waals surface area (Å²) in [6.45, 7) is 3.47. The van der Waals surface area contributed by atoms with Crippen molar-refractivity contribution in [1.82, 2.24) is 10.3 Å². The summed E-state index contributed by atoms with van der Waals surface area (Å²) in [5.41, 5.74) is 2.13. The molecular weight excluding hydrogens is 308 g/mol. The van der Waals surface area contributed by atoms with Crippen LogP contribution in [0.1, 0.15) is 24.1 Å². The first-order chi connectivity index (χ1) is 11.7. The molecule has 2 atom stereocenters. The Morgan fingerprint density at radius 2 is 2.00 bits per heavy atom. The van der Waals surface area contributed by atoms with E-state index < -0.39 is 6.10 Å². The van der Waals surface area contributed by atoms with Gasteiger partial charge in [-0.2, -0.15) is 0 Å². The van der Waals surface area contributed by atoms with Gasteiger partial charge in [0.2, 0.25) is 6.79 Å². The van der Waals surface area contributed by atoms with Gasteiger partial charge in [0.25, 0.3) is 0 Å². The number of ether oxygens (including phenoxy) is 3. The van der Waals surface area contributed by atoms with E-state index in [0.29, 0.717) is 13.2 Å². The number of aromatic nitrogens is 1. The molecule has 0 saturated heterocycles. The second-order valence-corrected chi connectivity index (χ2v) is 5.77. The predicted molar refractivity (Wildman–Crippen MR) is 88.9 cm³/mol. The maximum atomic E-state index is 10.0. The van der Waals surface area contributed by atoms with Crippen LogP contribution >= 0.6 is 0 Å². The Hall–Kier alpha value is -2.15. The Morgan fingerprint density at radius 3 is 2.83 bits per heavy atom. The lowest BCUT2D eigenvalue weighted by atomic mass is 10.1. The number of fused-ring (bicyclic) bond motifs is 1. The number of nitrogens with one attached hydrogen (secondary N) is 1. The first kappa shape index (κ1) is 16.7. The van der Waals surface area contributed by atoms with Crippen LogP contribution < -0.4 is 14.8 Å². The summed E-state index contributed by atoms with van der Waals surface area (Å²) in [5, 5.41) is 13.3. The van der Waals surface area contributed by atoms with Gasteiger partial charge in [-0.15, -0.1) is 0 Å². The predicted octanol–water partition coefficient (Wildman–Crippen LogP) is 2.04. The first-order valence-corrected chi connectivity index (χ1v) is 8.00. The minimum atomic E-state index is -0.566. The van der Waals surface area contributed by atoms with Crippen molar-refractivity contribution >= 4 is 0 Å². The quantitative estimate of drug-likeness (QED) is 0.772. The van der Waals surface area contributed by atoms with Crippen LogP contribution in [0.5, 0.6) is 11.5 Å². The average Bonchev–Trinajstić information content (AvgIpc) is 3.08. The lowest BCUT2D eigenvalue weighted by Gasteiger charge is -2.17. The highest BCUT2D eigenvalue weighted by Gasteiger charge is 2.13. The van der Waals surface area contributed by atoms with Crippen molar-refractivity contribution in [1.29, 1.82) is 0 Å². The molecule has 2 N–H and O–H groups in total. The van der Waals surface area contributed by atoms with Crippen LogP contribution in [0.25, 0.3) is 0 Å². The average molecular weight is 330 g/mol. The zero-order valence-electron chi connectivity index (χ0n) is 13.6. The fraction of sp³-hybridized carbons (Fsp3) is 0.389. The van der Waals surface area contributed by atoms with Gasteiger partial charge < -0.3 is 24.6 Å². The molecule has 2 aromatic rings. The second-order valence-electron chi connectivity index (χ2n) is 5.77. The van der Waals surface area contributed by atoms with Gasteiger partial charge in [-0.05, 0) is 42.3 Å². The fourth-order valence-corrected chi connectivity index (χ4v) is 2.49. The molecule has 6 heteroatoms. The zero-order chi connectivity index (χ0) is 16.8. The molecule has 0 fully saturated rings. The van der Waals surface area contributed by atoms with Gasteiger partial charge in [-0.3, -0.25) is 4.98 Å². The minimum absolute atomic E-state index is 0.150. The molecule has 1 aromatic heterocycles. The number of aliphatic hydroxyl groups excluding tert-OH is 1. The number of rotatable bonds is 8. The minimum Gasteiger partial charge on any atom is -0.454 e. The highest BCUT2D eigenvalue weighted by atomic mass is 16.7. The van der Waals surface area contributed by atoms with Gasteiger partial charge in [0.1, 0.15) is 0 Å². The van der Waals surface area contributed by atoms with E-state index in [1.54, 1.807) is 12.4 Å². The van der Waals surface area contributed by atoms with Gasteiger partial charge in [0.15, 0.2) is 11.5 Å². The summed E-state index contributed by atoms with van der Waals surface area (Å²) in [6.07, 6.45) is 2.96. The van der Waals surface area contributed by atoms with Crippen LogP contribution in [0.15, 0.2) is 42.7 Å². The Kier molecular flexibility index (Phi) is 5.63. The third-order valence-electron chi connectivity index (χ3n) is 3.88. The first-order valence-electron chi connectivity index (χ1n) is 8.00. The number of hydrogen-bond donors (Lipinski definition) is 2. The molecule has 0 amide bonds. The SMILES string of the molecule is C[C@@H](NC[C@@H](O)COCc1ccc2c(c1)OCO2)c1ccncc1. The zero-order valence-corrected chi connectivity index (χ0v) is 13.6. The third kappa shape index (κ3) is 4.44. The largest absolute Gasteiger partial charge is 0.454 e. The Bertz CT molecular complexity index is 651. The summed E-state index contributed by atoms with van der Waals surface area (Å²) in [5.74, 6) is 1.50. The van der Waals surface area contributed by atoms with Crippen LogP contribution in [0.4, 0.5) is 0 Å². The van der Waals surface area contributed by atoms with Crippen LogP contribution in [0.3, 0.4) is 0 Å². The molecule has 0 aliphatic carbocycles. The van der Waals surface area contributed by atoms with Crippen molar-refractivity contribution < 1.29 is 19.3 Å². The molecule has 1 aliphatic rings. The Morgan fingerprint density at radius 1 is 1.21 bits per heavy atom. The molecule has 0 bridgehead atoms. The molecule has 2 heterocycles. The number of nitrogens with zero attached hydrogens (tertiary/aromatic N) is 1. The summed E-state index contributed by atoms with van der Waals surface area (Å²) in [4.78, 5) is 4.00. The number of aliphatic hydroxyl groups is 1. The Labute approximate surface area is 141 Å². The molecule has 1 aliphatic heterocycles. The van der Waals surface area contributed by atoms with Gasteiger partial charge in [0.05, 0.1) is 19.3 Å². The normalized spacial score (nSPS) is 15.2. The summed E-state index contributed by atoms with van der Waals surface area (Å²) in [6, 6.07) is 9.77. The van der Waals surface area contributed by atoms with Crippen molar-refractivity contribution in [3.05, 3.63) is 53.9 Å². The standard InChI is InChI=1S/C18H22N2O4/c1-13(15-4-6-19-7-5-15)20-9-16(21)11-22-10-14-2-3-17-18(8-14)24-12-23-17/h2-8,13,16,20-21H,9-12H2,1H3/t13-,16-/m1/s1. The van der Waals surface area contributed by atoms with E-state index in [-0.39, 0.29) is 19.4 Å². The highest BCUT2D eigenvalue weighted by molar-refractivity contribution is 5.44. The van der Waals surface area contributed by atoms with E-state index in [2.05, 4.69) is 17.2 Å². The molecule has 6 nitrogen and oxygen atoms in total. The maximum Gasteiger partial charge on any atom is 0.231 e. The van der Waals surface area contributed by atoms with Gasteiger partial charge in [-0.1, -0.05) is 6.07 Å². The number of hydrogen-bond acceptors (Lipinski definition) is 6. The third-order valence-corrected chi connectivity index (χ3v) is 3.88. The lowest BCUT2D eigenvalue weighted by Crippen LogP contribution is -2.32. The van der Waals surface area contributed by atoms with E-state index in [9.17, 15) is 5.11 Å². The van der Waals surface area contributed by atoms with Crippen molar-refractivity contribution in [2.24, 2.45) is 0 Å². The van der Waals surface area contributed by atoms with Crippen molar-refractivity contribution in [2.75, 3.05) is 19.9 Å². The highest BCUT2D eigenvalue weighted by Crippen LogP contribution is 2.32. The fourth-order valence-electron chi connectivity index (χ4n) is 2.49. The van der Waals surface area contributed by atoms with Crippen LogP contribution in [-0.4, -0.2) is 36.1 Å². The van der Waals surface area contributed by atoms with E-state index in [4.69, 9.17) is 14.2 Å². The van der Waals surface area contributed by atoms with Crippen molar-refractivity contribution in [2.45, 2.75) is 25.7 Å². The van der Waals surface area contributed by atoms with E-state index in [0.717, 1.165) is 22.6 Å². The maximum absolute atomic E-state index is 10.0. The van der Waals surface area contributed by atoms with Crippen LogP contribution in [0.2, 0.25) is 0 Å². The van der Waals surface area contributed by atoms with Crippen molar-refractivity contribution in [3.8, 4) is 11.5 Å². The molecule has 24 heavy (non-hydrogen) atoms. The summed E-state index contributed by atoms with van der Waals surface area (Å²) < 4.78 is 16.2. The molecule has 0 spiro atoms. The van der Waals surface area contributed by atoms with Gasteiger partial charge in [-0.25, -0.2) is 0 Å². The monoisotopic (exact) mass is 330 g/mol. The summed E-state index contributed by atoms with van der Waals surface area (Å²) in [7, 11) is 0. The van der Waals surface area contributed by atoms with Gasteiger partial charge >= 0.3 is 0 Å². The molecular formula is C18H22N2O4. The molecule has 1 aromatic carbocycles. The molecule has 0 unspecified atom stereocenters. The van der Waals surface area contributed by atoms with Crippen LogP contribution in [-0.2, 0) is 11.3 Å².